The molecule has 3 heterocycles. The molecule has 0 aliphatic carbocycles. The van der Waals surface area contributed by atoms with Gasteiger partial charge in [-0.2, -0.15) is 4.98 Å². The van der Waals surface area contributed by atoms with Crippen LogP contribution in [-0.4, -0.2) is 48.8 Å². The number of aryl methyl sites for hydroxylation is 1. The van der Waals surface area contributed by atoms with Gasteiger partial charge in [0.15, 0.2) is 0 Å². The monoisotopic (exact) mass is 359 g/mol. The minimum atomic E-state index is -0.314. The molecule has 1 atom stereocenters. The predicted molar refractivity (Wildman–Crippen MR) is 93.4 cm³/mol. The average Bonchev–Trinajstić information content (AvgIpc) is 2.67. The lowest BCUT2D eigenvalue weighted by atomic mass is 9.97. The molecule has 2 aliphatic rings. The summed E-state index contributed by atoms with van der Waals surface area (Å²) in [5, 5.41) is 0. The molecule has 1 fully saturated rings. The molecule has 1 aromatic carbocycles. The minimum absolute atomic E-state index is 0.129. The Morgan fingerprint density at radius 2 is 2.19 bits per heavy atom. The molecule has 2 aliphatic heterocycles. The van der Waals surface area contributed by atoms with Crippen molar-refractivity contribution in [3.05, 3.63) is 40.3 Å². The molecule has 0 radical (unpaired) electrons. The lowest BCUT2D eigenvalue weighted by Crippen LogP contribution is -2.34. The fraction of sp³-hybridized carbons (Fsp3) is 0.444. The summed E-state index contributed by atoms with van der Waals surface area (Å²) in [5.41, 5.74) is 8.00. The molecular formula is C18H21N3O5. The van der Waals surface area contributed by atoms with Gasteiger partial charge in [0.2, 0.25) is 5.88 Å². The Hall–Kier alpha value is -2.42. The molecule has 8 nitrogen and oxygen atoms in total. The van der Waals surface area contributed by atoms with E-state index in [0.717, 1.165) is 29.0 Å². The van der Waals surface area contributed by atoms with E-state index in [0.29, 0.717) is 38.9 Å². The first-order valence-corrected chi connectivity index (χ1v) is 8.65. The SMILES string of the molecule is NCOc1ccc2c(c1)CCn1c-2cc(OCC2COCCO2)nc1=O. The zero-order chi connectivity index (χ0) is 17.9. The molecule has 26 heavy (non-hydrogen) atoms. The number of benzene rings is 1. The van der Waals surface area contributed by atoms with Crippen molar-refractivity contribution in [3.8, 4) is 22.9 Å². The van der Waals surface area contributed by atoms with Crippen LogP contribution in [0.15, 0.2) is 29.1 Å². The highest BCUT2D eigenvalue weighted by atomic mass is 16.6. The van der Waals surface area contributed by atoms with Gasteiger partial charge in [0.25, 0.3) is 0 Å². The number of fused-ring (bicyclic) bond motifs is 3. The molecule has 1 aromatic heterocycles. The molecule has 2 N–H and O–H groups in total. The van der Waals surface area contributed by atoms with Gasteiger partial charge in [0.05, 0.1) is 25.5 Å². The first-order valence-electron chi connectivity index (χ1n) is 8.65. The highest BCUT2D eigenvalue weighted by Crippen LogP contribution is 2.32. The molecule has 8 heteroatoms. The summed E-state index contributed by atoms with van der Waals surface area (Å²) in [5.74, 6) is 1.02. The van der Waals surface area contributed by atoms with Gasteiger partial charge in [-0.15, -0.1) is 0 Å². The number of hydrogen-bond acceptors (Lipinski definition) is 7. The van der Waals surface area contributed by atoms with Gasteiger partial charge >= 0.3 is 5.69 Å². The molecule has 0 spiro atoms. The molecule has 2 aromatic rings. The first-order chi connectivity index (χ1) is 12.7. The van der Waals surface area contributed by atoms with Crippen LogP contribution in [0, 0.1) is 0 Å². The van der Waals surface area contributed by atoms with Crippen molar-refractivity contribution < 1.29 is 18.9 Å². The van der Waals surface area contributed by atoms with Crippen LogP contribution in [-0.2, 0) is 22.4 Å². The second-order valence-electron chi connectivity index (χ2n) is 6.17. The fourth-order valence-electron chi connectivity index (χ4n) is 3.25. The van der Waals surface area contributed by atoms with Crippen molar-refractivity contribution in [2.24, 2.45) is 5.73 Å². The van der Waals surface area contributed by atoms with E-state index in [1.54, 1.807) is 10.6 Å². The lowest BCUT2D eigenvalue weighted by molar-refractivity contribution is -0.102. The molecule has 4 rings (SSSR count). The zero-order valence-electron chi connectivity index (χ0n) is 14.3. The number of nitrogens with two attached hydrogens (primary N) is 1. The van der Waals surface area contributed by atoms with Crippen LogP contribution in [0.4, 0.5) is 0 Å². The van der Waals surface area contributed by atoms with Crippen molar-refractivity contribution in [3.63, 3.8) is 0 Å². The fourth-order valence-corrected chi connectivity index (χ4v) is 3.25. The summed E-state index contributed by atoms with van der Waals surface area (Å²) in [6.45, 7) is 2.63. The van der Waals surface area contributed by atoms with Crippen LogP contribution in [0.25, 0.3) is 11.3 Å². The van der Waals surface area contributed by atoms with Gasteiger partial charge in [-0.05, 0) is 30.2 Å². The number of rotatable bonds is 5. The summed E-state index contributed by atoms with van der Waals surface area (Å²) in [6, 6.07) is 7.55. The maximum atomic E-state index is 12.4. The summed E-state index contributed by atoms with van der Waals surface area (Å²) in [4.78, 5) is 16.4. The minimum Gasteiger partial charge on any atom is -0.479 e. The van der Waals surface area contributed by atoms with Gasteiger partial charge in [0.1, 0.15) is 25.2 Å². The molecule has 0 saturated carbocycles. The van der Waals surface area contributed by atoms with E-state index in [1.165, 1.54) is 0 Å². The van der Waals surface area contributed by atoms with Crippen molar-refractivity contribution in [1.82, 2.24) is 9.55 Å². The van der Waals surface area contributed by atoms with Gasteiger partial charge in [-0.25, -0.2) is 4.79 Å². The summed E-state index contributed by atoms with van der Waals surface area (Å²) >= 11 is 0. The molecular weight excluding hydrogens is 338 g/mol. The quantitative estimate of drug-likeness (QED) is 0.779. The number of ether oxygens (including phenoxy) is 4. The molecule has 1 saturated heterocycles. The summed E-state index contributed by atoms with van der Waals surface area (Å²) in [7, 11) is 0. The van der Waals surface area contributed by atoms with Gasteiger partial charge in [0, 0.05) is 18.2 Å². The van der Waals surface area contributed by atoms with E-state index in [-0.39, 0.29) is 18.5 Å². The van der Waals surface area contributed by atoms with Crippen LogP contribution >= 0.6 is 0 Å². The van der Waals surface area contributed by atoms with Crippen LogP contribution in [0.2, 0.25) is 0 Å². The number of nitrogens with zero attached hydrogens (tertiary/aromatic N) is 2. The molecule has 1 unspecified atom stereocenters. The number of aromatic nitrogens is 2. The predicted octanol–water partition coefficient (Wildman–Crippen LogP) is 0.556. The van der Waals surface area contributed by atoms with Crippen molar-refractivity contribution in [1.29, 1.82) is 0 Å². The third kappa shape index (κ3) is 3.44. The van der Waals surface area contributed by atoms with E-state index >= 15 is 0 Å². The van der Waals surface area contributed by atoms with Gasteiger partial charge < -0.3 is 18.9 Å². The van der Waals surface area contributed by atoms with Crippen LogP contribution in [0.1, 0.15) is 5.56 Å². The van der Waals surface area contributed by atoms with E-state index in [2.05, 4.69) is 4.98 Å². The topological polar surface area (TPSA) is 97.8 Å². The van der Waals surface area contributed by atoms with Crippen LogP contribution < -0.4 is 20.9 Å². The van der Waals surface area contributed by atoms with E-state index in [4.69, 9.17) is 24.7 Å². The van der Waals surface area contributed by atoms with Crippen molar-refractivity contribution in [2.75, 3.05) is 33.2 Å². The van der Waals surface area contributed by atoms with E-state index in [1.807, 2.05) is 18.2 Å². The third-order valence-electron chi connectivity index (χ3n) is 4.50. The highest BCUT2D eigenvalue weighted by Gasteiger charge is 2.21. The van der Waals surface area contributed by atoms with E-state index in [9.17, 15) is 4.79 Å². The zero-order valence-corrected chi connectivity index (χ0v) is 14.3. The van der Waals surface area contributed by atoms with Gasteiger partial charge in [-0.1, -0.05) is 0 Å². The van der Waals surface area contributed by atoms with Crippen LogP contribution in [0.5, 0.6) is 11.6 Å². The third-order valence-corrected chi connectivity index (χ3v) is 4.50. The van der Waals surface area contributed by atoms with Crippen LogP contribution in [0.3, 0.4) is 0 Å². The second kappa shape index (κ2) is 7.45. The Morgan fingerprint density at radius 1 is 1.27 bits per heavy atom. The normalized spacial score (nSPS) is 18.7. The Labute approximate surface area is 150 Å². The largest absolute Gasteiger partial charge is 0.479 e. The van der Waals surface area contributed by atoms with Crippen molar-refractivity contribution >= 4 is 0 Å². The highest BCUT2D eigenvalue weighted by molar-refractivity contribution is 5.67. The summed E-state index contributed by atoms with van der Waals surface area (Å²) in [6.07, 6.45) is 0.590. The summed E-state index contributed by atoms with van der Waals surface area (Å²) < 4.78 is 23.6. The molecule has 0 bridgehead atoms. The smallest absolute Gasteiger partial charge is 0.351 e. The first kappa shape index (κ1) is 17.0. The maximum absolute atomic E-state index is 12.4. The molecule has 0 amide bonds. The van der Waals surface area contributed by atoms with Crippen molar-refractivity contribution in [2.45, 2.75) is 19.1 Å². The van der Waals surface area contributed by atoms with E-state index < -0.39 is 0 Å². The Bertz CT molecular complexity index is 845. The lowest BCUT2D eigenvalue weighted by Gasteiger charge is -2.24. The van der Waals surface area contributed by atoms with Gasteiger partial charge in [-0.3, -0.25) is 10.3 Å². The molecule has 138 valence electrons. The number of hydrogen-bond donors (Lipinski definition) is 1. The average molecular weight is 359 g/mol. The second-order valence-corrected chi connectivity index (χ2v) is 6.17. The Morgan fingerprint density at radius 3 is 3.00 bits per heavy atom. The Kier molecular flexibility index (Phi) is 4.87. The maximum Gasteiger partial charge on any atom is 0.351 e. The standard InChI is InChI=1S/C18H21N3O5/c19-11-26-13-1-2-15-12(7-13)3-4-21-16(15)8-17(20-18(21)22)25-10-14-9-23-5-6-24-14/h1-2,7-8,14H,3-6,9-11,19H2. The Balaban J connectivity index is 1.60.